The fourth-order valence-corrected chi connectivity index (χ4v) is 3.44. The van der Waals surface area contributed by atoms with E-state index in [4.69, 9.17) is 4.74 Å². The predicted octanol–water partition coefficient (Wildman–Crippen LogP) is 3.72. The predicted molar refractivity (Wildman–Crippen MR) is 92.3 cm³/mol. The van der Waals surface area contributed by atoms with Crippen LogP contribution in [0.2, 0.25) is 0 Å². The van der Waals surface area contributed by atoms with Gasteiger partial charge in [0.1, 0.15) is 0 Å². The Hall–Kier alpha value is -1.53. The Labute approximate surface area is 143 Å². The van der Waals surface area contributed by atoms with Crippen LogP contribution in [-0.4, -0.2) is 39.0 Å². The van der Waals surface area contributed by atoms with Crippen LogP contribution in [0, 0.1) is 6.92 Å². The SMILES string of the molecule is Cc1[nH]c2ccc(Br)cc2c1CCN1C(=O)OC(C)(C)[C@]1(C)O. The zero-order valence-corrected chi connectivity index (χ0v) is 15.3. The Bertz CT molecular complexity index is 779. The summed E-state index contributed by atoms with van der Waals surface area (Å²) in [5.41, 5.74) is 1.03. The average Bonchev–Trinajstić information content (AvgIpc) is 2.80. The van der Waals surface area contributed by atoms with Gasteiger partial charge in [-0.15, -0.1) is 0 Å². The molecule has 0 spiro atoms. The largest absolute Gasteiger partial charge is 0.438 e. The summed E-state index contributed by atoms with van der Waals surface area (Å²) in [5, 5.41) is 11.8. The minimum absolute atomic E-state index is 0.398. The Balaban J connectivity index is 1.88. The Morgan fingerprint density at radius 1 is 1.35 bits per heavy atom. The molecule has 2 aromatic rings. The van der Waals surface area contributed by atoms with Crippen LogP contribution in [0.5, 0.6) is 0 Å². The molecule has 3 rings (SSSR count). The van der Waals surface area contributed by atoms with E-state index < -0.39 is 17.4 Å². The maximum absolute atomic E-state index is 12.1. The second kappa shape index (κ2) is 5.24. The molecule has 1 amide bonds. The topological polar surface area (TPSA) is 65.6 Å². The number of fused-ring (bicyclic) bond motifs is 1. The molecule has 1 atom stereocenters. The molecule has 1 saturated heterocycles. The molecule has 5 nitrogen and oxygen atoms in total. The van der Waals surface area contributed by atoms with Crippen molar-refractivity contribution in [3.63, 3.8) is 0 Å². The second-order valence-corrected chi connectivity index (χ2v) is 7.63. The van der Waals surface area contributed by atoms with Crippen molar-refractivity contribution < 1.29 is 14.6 Å². The minimum atomic E-state index is -1.33. The molecular weight excluding hydrogens is 360 g/mol. The highest BCUT2D eigenvalue weighted by molar-refractivity contribution is 9.10. The van der Waals surface area contributed by atoms with Crippen molar-refractivity contribution in [1.82, 2.24) is 9.88 Å². The van der Waals surface area contributed by atoms with Gasteiger partial charge in [-0.2, -0.15) is 0 Å². The van der Waals surface area contributed by atoms with Crippen molar-refractivity contribution in [1.29, 1.82) is 0 Å². The van der Waals surface area contributed by atoms with E-state index in [1.807, 2.05) is 19.1 Å². The molecule has 1 aromatic carbocycles. The first-order chi connectivity index (χ1) is 10.6. The third-order valence-corrected chi connectivity index (χ3v) is 5.39. The molecular formula is C17H21BrN2O3. The molecule has 1 aromatic heterocycles. The molecule has 2 heterocycles. The zero-order valence-electron chi connectivity index (χ0n) is 13.7. The fraction of sp³-hybridized carbons (Fsp3) is 0.471. The number of aryl methyl sites for hydroxylation is 1. The molecule has 6 heteroatoms. The standard InChI is InChI=1S/C17H21BrN2O3/c1-10-12(13-9-11(18)5-6-14(13)19-10)7-8-20-15(21)23-16(2,3)17(20,4)22/h5-6,9,19,22H,7-8H2,1-4H3/t17-/m0/s1. The summed E-state index contributed by atoms with van der Waals surface area (Å²) in [6.07, 6.45) is 0.169. The molecule has 124 valence electrons. The van der Waals surface area contributed by atoms with E-state index in [1.165, 1.54) is 4.90 Å². The van der Waals surface area contributed by atoms with Crippen LogP contribution in [0.15, 0.2) is 22.7 Å². The second-order valence-electron chi connectivity index (χ2n) is 6.72. The number of nitrogens with one attached hydrogen (secondary N) is 1. The molecule has 1 fully saturated rings. The van der Waals surface area contributed by atoms with Gasteiger partial charge in [0.05, 0.1) is 0 Å². The highest BCUT2D eigenvalue weighted by Crippen LogP contribution is 2.37. The van der Waals surface area contributed by atoms with Gasteiger partial charge in [0.2, 0.25) is 0 Å². The van der Waals surface area contributed by atoms with E-state index in [1.54, 1.807) is 20.8 Å². The number of carbonyl (C=O) groups excluding carboxylic acids is 1. The van der Waals surface area contributed by atoms with Crippen LogP contribution in [0.4, 0.5) is 4.79 Å². The summed E-state index contributed by atoms with van der Waals surface area (Å²) in [7, 11) is 0. The minimum Gasteiger partial charge on any atom is -0.438 e. The van der Waals surface area contributed by atoms with Gasteiger partial charge in [0.15, 0.2) is 11.3 Å². The Kier molecular flexibility index (Phi) is 3.72. The highest BCUT2D eigenvalue weighted by atomic mass is 79.9. The molecule has 0 bridgehead atoms. The number of H-pyrrole nitrogens is 1. The van der Waals surface area contributed by atoms with Crippen molar-refractivity contribution >= 4 is 32.9 Å². The maximum Gasteiger partial charge on any atom is 0.412 e. The van der Waals surface area contributed by atoms with Crippen LogP contribution in [0.25, 0.3) is 10.9 Å². The number of benzene rings is 1. The number of carbonyl (C=O) groups is 1. The number of aliphatic hydroxyl groups is 1. The molecule has 0 radical (unpaired) electrons. The van der Waals surface area contributed by atoms with Gasteiger partial charge in [-0.1, -0.05) is 15.9 Å². The van der Waals surface area contributed by atoms with Crippen molar-refractivity contribution in [2.45, 2.75) is 45.4 Å². The highest BCUT2D eigenvalue weighted by Gasteiger charge is 2.56. The van der Waals surface area contributed by atoms with Crippen molar-refractivity contribution in [3.8, 4) is 0 Å². The smallest absolute Gasteiger partial charge is 0.412 e. The summed E-state index contributed by atoms with van der Waals surface area (Å²) < 4.78 is 6.32. The summed E-state index contributed by atoms with van der Waals surface area (Å²) in [6, 6.07) is 6.09. The lowest BCUT2D eigenvalue weighted by Crippen LogP contribution is -2.54. The Morgan fingerprint density at radius 2 is 2.04 bits per heavy atom. The molecule has 2 N–H and O–H groups in total. The number of hydrogen-bond acceptors (Lipinski definition) is 3. The number of halogens is 1. The summed E-state index contributed by atoms with van der Waals surface area (Å²) in [5.74, 6) is 0. The third kappa shape index (κ3) is 2.54. The van der Waals surface area contributed by atoms with Gasteiger partial charge >= 0.3 is 6.09 Å². The van der Waals surface area contributed by atoms with Gasteiger partial charge in [-0.05, 0) is 57.9 Å². The maximum atomic E-state index is 12.1. The summed E-state index contributed by atoms with van der Waals surface area (Å²) in [4.78, 5) is 16.9. The van der Waals surface area contributed by atoms with E-state index in [9.17, 15) is 9.90 Å². The molecule has 1 aliphatic heterocycles. The monoisotopic (exact) mass is 380 g/mol. The number of cyclic esters (lactones) is 1. The first-order valence-corrected chi connectivity index (χ1v) is 8.42. The first-order valence-electron chi connectivity index (χ1n) is 7.63. The van der Waals surface area contributed by atoms with Crippen molar-refractivity contribution in [2.75, 3.05) is 6.54 Å². The molecule has 1 aliphatic rings. The number of ether oxygens (including phenoxy) is 1. The van der Waals surface area contributed by atoms with Gasteiger partial charge in [-0.25, -0.2) is 4.79 Å². The fourth-order valence-electron chi connectivity index (χ4n) is 3.08. The summed E-state index contributed by atoms with van der Waals surface area (Å²) in [6.45, 7) is 7.48. The van der Waals surface area contributed by atoms with E-state index >= 15 is 0 Å². The Morgan fingerprint density at radius 3 is 2.65 bits per heavy atom. The first kappa shape index (κ1) is 16.3. The van der Waals surface area contributed by atoms with Crippen LogP contribution in [0.1, 0.15) is 32.0 Å². The van der Waals surface area contributed by atoms with Crippen LogP contribution in [-0.2, 0) is 11.2 Å². The van der Waals surface area contributed by atoms with Crippen LogP contribution < -0.4 is 0 Å². The molecule has 0 aliphatic carbocycles. The van der Waals surface area contributed by atoms with E-state index in [0.717, 1.165) is 26.6 Å². The van der Waals surface area contributed by atoms with E-state index in [2.05, 4.69) is 27.0 Å². The summed E-state index contributed by atoms with van der Waals surface area (Å²) >= 11 is 3.50. The lowest BCUT2D eigenvalue weighted by molar-refractivity contribution is -0.126. The van der Waals surface area contributed by atoms with Gasteiger partial charge in [0.25, 0.3) is 0 Å². The van der Waals surface area contributed by atoms with E-state index in [-0.39, 0.29) is 0 Å². The van der Waals surface area contributed by atoms with Crippen molar-refractivity contribution in [2.24, 2.45) is 0 Å². The molecule has 0 saturated carbocycles. The number of amides is 1. The normalized spacial score (nSPS) is 23.6. The zero-order chi connectivity index (χ0) is 17.0. The van der Waals surface area contributed by atoms with Crippen LogP contribution in [0.3, 0.4) is 0 Å². The third-order valence-electron chi connectivity index (χ3n) is 4.90. The quantitative estimate of drug-likeness (QED) is 0.852. The van der Waals surface area contributed by atoms with Crippen LogP contribution >= 0.6 is 15.9 Å². The number of aromatic nitrogens is 1. The number of aromatic amines is 1. The van der Waals surface area contributed by atoms with Crippen molar-refractivity contribution in [3.05, 3.63) is 33.9 Å². The lowest BCUT2D eigenvalue weighted by atomic mass is 9.95. The number of nitrogens with zero attached hydrogens (tertiary/aromatic N) is 1. The van der Waals surface area contributed by atoms with Gasteiger partial charge in [-0.3, -0.25) is 4.90 Å². The number of hydrogen-bond donors (Lipinski definition) is 2. The van der Waals surface area contributed by atoms with Gasteiger partial charge < -0.3 is 14.8 Å². The lowest BCUT2D eigenvalue weighted by Gasteiger charge is -2.34. The number of rotatable bonds is 3. The van der Waals surface area contributed by atoms with Gasteiger partial charge in [0, 0.05) is 27.6 Å². The van der Waals surface area contributed by atoms with E-state index in [0.29, 0.717) is 13.0 Å². The molecule has 0 unspecified atom stereocenters. The molecule has 23 heavy (non-hydrogen) atoms. The average molecular weight is 381 g/mol.